The minimum absolute atomic E-state index is 0.104. The van der Waals surface area contributed by atoms with Crippen molar-refractivity contribution in [3.63, 3.8) is 0 Å². The van der Waals surface area contributed by atoms with E-state index in [-0.39, 0.29) is 38.4 Å². The second-order valence-electron chi connectivity index (χ2n) is 2.74. The highest BCUT2D eigenvalue weighted by atomic mass is 31.2. The van der Waals surface area contributed by atoms with Gasteiger partial charge in [-0.3, -0.25) is 9.36 Å². The van der Waals surface area contributed by atoms with Crippen molar-refractivity contribution in [1.29, 1.82) is 0 Å². The van der Waals surface area contributed by atoms with Gasteiger partial charge in [-0.25, -0.2) is 0 Å². The van der Waals surface area contributed by atoms with Crippen LogP contribution in [0.5, 0.6) is 0 Å². The summed E-state index contributed by atoms with van der Waals surface area (Å²) in [4.78, 5) is 11.1. The van der Waals surface area contributed by atoms with Crippen molar-refractivity contribution in [3.8, 4) is 0 Å². The van der Waals surface area contributed by atoms with Crippen molar-refractivity contribution in [3.05, 3.63) is 0 Å². The lowest BCUT2D eigenvalue weighted by atomic mass is 10.4. The van der Waals surface area contributed by atoms with E-state index in [2.05, 4.69) is 5.32 Å². The van der Waals surface area contributed by atoms with E-state index in [1.54, 1.807) is 13.8 Å². The fourth-order valence-electron chi connectivity index (χ4n) is 0.926. The Hall–Kier alpha value is -0.420. The number of hydrogen-bond acceptors (Lipinski definition) is 5. The minimum Gasteiger partial charge on any atom is -0.344 e. The molecule has 0 spiro atoms. The van der Waals surface area contributed by atoms with Crippen LogP contribution in [0.25, 0.3) is 0 Å². The summed E-state index contributed by atoms with van der Waals surface area (Å²) in [5, 5.41) is 2.46. The number of carbonyl (C=O) groups excluding carboxylic acids is 1. The van der Waals surface area contributed by atoms with Gasteiger partial charge in [0.2, 0.25) is 5.91 Å². The van der Waals surface area contributed by atoms with Gasteiger partial charge >= 0.3 is 7.60 Å². The number of rotatable bonds is 8. The zero-order chi connectivity index (χ0) is 11.7. The zero-order valence-corrected chi connectivity index (χ0v) is 10.1. The first-order valence-electron chi connectivity index (χ1n) is 4.92. The van der Waals surface area contributed by atoms with E-state index in [9.17, 15) is 9.36 Å². The molecule has 0 rings (SSSR count). The molecule has 0 aliphatic carbocycles. The number of amides is 1. The molecule has 90 valence electrons. The molecule has 0 aliphatic heterocycles. The summed E-state index contributed by atoms with van der Waals surface area (Å²) in [5.74, 6) is -0.253. The van der Waals surface area contributed by atoms with Gasteiger partial charge in [0.15, 0.2) is 0 Å². The summed E-state index contributed by atoms with van der Waals surface area (Å²) >= 11 is 0. The van der Waals surface area contributed by atoms with Gasteiger partial charge in [0, 0.05) is 13.0 Å². The predicted octanol–water partition coefficient (Wildman–Crippen LogP) is 0.675. The van der Waals surface area contributed by atoms with Crippen molar-refractivity contribution in [2.24, 2.45) is 5.73 Å². The summed E-state index contributed by atoms with van der Waals surface area (Å²) in [5.41, 5.74) is 5.19. The Labute approximate surface area is 90.0 Å². The van der Waals surface area contributed by atoms with Gasteiger partial charge in [-0.05, 0) is 13.8 Å². The number of nitrogens with two attached hydrogens (primary N) is 1. The standard InChI is InChI=1S/C8H19N2O4P/c1-3-13-15(12,14-4-2)7-10-8(11)5-6-9/h3-7,9H2,1-2H3,(H,10,11). The highest BCUT2D eigenvalue weighted by Gasteiger charge is 2.23. The Morgan fingerprint density at radius 1 is 1.33 bits per heavy atom. The molecule has 0 radical (unpaired) electrons. The van der Waals surface area contributed by atoms with Crippen LogP contribution in [0.3, 0.4) is 0 Å². The van der Waals surface area contributed by atoms with E-state index in [1.165, 1.54) is 0 Å². The van der Waals surface area contributed by atoms with Crippen LogP contribution < -0.4 is 11.1 Å². The van der Waals surface area contributed by atoms with Crippen LogP contribution >= 0.6 is 7.60 Å². The van der Waals surface area contributed by atoms with Crippen LogP contribution in [0.15, 0.2) is 0 Å². The van der Waals surface area contributed by atoms with Gasteiger partial charge in [-0.1, -0.05) is 0 Å². The van der Waals surface area contributed by atoms with Gasteiger partial charge in [0.25, 0.3) is 0 Å². The van der Waals surface area contributed by atoms with Crippen LogP contribution in [0.2, 0.25) is 0 Å². The van der Waals surface area contributed by atoms with Gasteiger partial charge in [-0.2, -0.15) is 0 Å². The van der Waals surface area contributed by atoms with E-state index in [0.29, 0.717) is 0 Å². The highest BCUT2D eigenvalue weighted by molar-refractivity contribution is 7.53. The van der Waals surface area contributed by atoms with Crippen LogP contribution in [0.4, 0.5) is 0 Å². The second-order valence-corrected chi connectivity index (χ2v) is 4.80. The molecule has 0 aliphatic rings. The summed E-state index contributed by atoms with van der Waals surface area (Å²) in [6, 6.07) is 0. The molecule has 15 heavy (non-hydrogen) atoms. The molecule has 0 aromatic carbocycles. The Bertz CT molecular complexity index is 225. The van der Waals surface area contributed by atoms with E-state index in [4.69, 9.17) is 14.8 Å². The number of carbonyl (C=O) groups is 1. The molecule has 0 saturated heterocycles. The molecule has 0 unspecified atom stereocenters. The maximum absolute atomic E-state index is 11.8. The van der Waals surface area contributed by atoms with Crippen LogP contribution in [0.1, 0.15) is 20.3 Å². The molecular formula is C8H19N2O4P. The number of hydrogen-bond donors (Lipinski definition) is 2. The van der Waals surface area contributed by atoms with Crippen molar-refractivity contribution >= 4 is 13.5 Å². The fraction of sp³-hybridized carbons (Fsp3) is 0.875. The molecule has 0 atom stereocenters. The third-order valence-corrected chi connectivity index (χ3v) is 3.34. The first-order chi connectivity index (χ1) is 7.08. The quantitative estimate of drug-likeness (QED) is 0.607. The molecular weight excluding hydrogens is 219 g/mol. The smallest absolute Gasteiger partial charge is 0.344 e. The molecule has 0 heterocycles. The normalized spacial score (nSPS) is 11.4. The molecule has 0 saturated carbocycles. The molecule has 0 aromatic rings. The first kappa shape index (κ1) is 14.6. The van der Waals surface area contributed by atoms with Crippen LogP contribution in [-0.2, 0) is 18.4 Å². The zero-order valence-electron chi connectivity index (χ0n) is 9.19. The van der Waals surface area contributed by atoms with Gasteiger partial charge < -0.3 is 20.1 Å². The van der Waals surface area contributed by atoms with Gasteiger partial charge in [0.05, 0.1) is 13.2 Å². The SMILES string of the molecule is CCOP(=O)(CNC(=O)CCN)OCC. The molecule has 3 N–H and O–H groups in total. The average Bonchev–Trinajstić information content (AvgIpc) is 2.16. The Balaban J connectivity index is 4.06. The Morgan fingerprint density at radius 2 is 1.87 bits per heavy atom. The highest BCUT2D eigenvalue weighted by Crippen LogP contribution is 2.46. The maximum Gasteiger partial charge on any atom is 0.349 e. The molecule has 6 nitrogen and oxygen atoms in total. The summed E-state index contributed by atoms with van der Waals surface area (Å²) in [6.07, 6.45) is 0.103. The van der Waals surface area contributed by atoms with Crippen molar-refractivity contribution in [1.82, 2.24) is 5.32 Å². The third kappa shape index (κ3) is 6.62. The molecule has 0 bridgehead atoms. The topological polar surface area (TPSA) is 90.7 Å². The summed E-state index contributed by atoms with van der Waals surface area (Å²) in [7, 11) is -3.17. The Kier molecular flexibility index (Phi) is 7.60. The molecule has 0 aromatic heterocycles. The van der Waals surface area contributed by atoms with E-state index in [0.717, 1.165) is 0 Å². The maximum atomic E-state index is 11.8. The fourth-order valence-corrected chi connectivity index (χ4v) is 2.34. The summed E-state index contributed by atoms with van der Waals surface area (Å²) < 4.78 is 21.8. The predicted molar refractivity (Wildman–Crippen MR) is 57.5 cm³/mol. The second kappa shape index (κ2) is 7.82. The largest absolute Gasteiger partial charge is 0.349 e. The minimum atomic E-state index is -3.17. The lowest BCUT2D eigenvalue weighted by Gasteiger charge is -2.17. The summed E-state index contributed by atoms with van der Waals surface area (Å²) in [6.45, 7) is 4.26. The van der Waals surface area contributed by atoms with Crippen LogP contribution in [-0.4, -0.2) is 32.0 Å². The lowest BCUT2D eigenvalue weighted by Crippen LogP contribution is -2.27. The number of nitrogens with one attached hydrogen (secondary N) is 1. The molecule has 0 fully saturated rings. The molecule has 1 amide bonds. The van der Waals surface area contributed by atoms with Crippen molar-refractivity contribution < 1.29 is 18.4 Å². The van der Waals surface area contributed by atoms with Gasteiger partial charge in [-0.15, -0.1) is 0 Å². The monoisotopic (exact) mass is 238 g/mol. The molecule has 7 heteroatoms. The Morgan fingerprint density at radius 3 is 2.27 bits per heavy atom. The van der Waals surface area contributed by atoms with Crippen molar-refractivity contribution in [2.75, 3.05) is 26.0 Å². The van der Waals surface area contributed by atoms with Crippen molar-refractivity contribution in [2.45, 2.75) is 20.3 Å². The van der Waals surface area contributed by atoms with E-state index >= 15 is 0 Å². The van der Waals surface area contributed by atoms with Crippen LogP contribution in [0, 0.1) is 0 Å². The third-order valence-electron chi connectivity index (χ3n) is 1.49. The van der Waals surface area contributed by atoms with Gasteiger partial charge in [0.1, 0.15) is 6.29 Å². The van der Waals surface area contributed by atoms with E-state index < -0.39 is 7.60 Å². The first-order valence-corrected chi connectivity index (χ1v) is 6.65. The lowest BCUT2D eigenvalue weighted by molar-refractivity contribution is -0.120. The van der Waals surface area contributed by atoms with E-state index in [1.807, 2.05) is 0 Å². The average molecular weight is 238 g/mol.